The Bertz CT molecular complexity index is 742. The summed E-state index contributed by atoms with van der Waals surface area (Å²) in [6.07, 6.45) is 17.8. The van der Waals surface area contributed by atoms with Crippen molar-refractivity contribution in [2.24, 2.45) is 5.92 Å². The van der Waals surface area contributed by atoms with Crippen LogP contribution < -0.4 is 0 Å². The Kier molecular flexibility index (Phi) is 9.36. The van der Waals surface area contributed by atoms with Crippen molar-refractivity contribution < 1.29 is 8.78 Å². The first-order chi connectivity index (χ1) is 14.7. The molecule has 2 aromatic rings. The highest BCUT2D eigenvalue weighted by Crippen LogP contribution is 2.38. The van der Waals surface area contributed by atoms with Gasteiger partial charge in [0, 0.05) is 5.56 Å². The Labute approximate surface area is 182 Å². The van der Waals surface area contributed by atoms with Crippen molar-refractivity contribution in [2.45, 2.75) is 96.3 Å². The Morgan fingerprint density at radius 1 is 0.733 bits per heavy atom. The van der Waals surface area contributed by atoms with E-state index in [1.807, 2.05) is 12.1 Å². The molecule has 1 aliphatic rings. The van der Waals surface area contributed by atoms with E-state index in [2.05, 4.69) is 19.1 Å². The average molecular weight is 413 g/mol. The highest BCUT2D eigenvalue weighted by atomic mass is 19.2. The summed E-state index contributed by atoms with van der Waals surface area (Å²) in [6.45, 7) is 2.28. The second kappa shape index (κ2) is 12.2. The third kappa shape index (κ3) is 6.65. The molecular formula is C28H38F2. The molecule has 2 heteroatoms. The van der Waals surface area contributed by atoms with Gasteiger partial charge in [0.2, 0.25) is 0 Å². The van der Waals surface area contributed by atoms with Crippen LogP contribution in [0.3, 0.4) is 0 Å². The summed E-state index contributed by atoms with van der Waals surface area (Å²) >= 11 is 0. The molecule has 0 heterocycles. The summed E-state index contributed by atoms with van der Waals surface area (Å²) in [4.78, 5) is 0. The van der Waals surface area contributed by atoms with Crippen molar-refractivity contribution in [1.29, 1.82) is 0 Å². The predicted octanol–water partition coefficient (Wildman–Crippen LogP) is 9.44. The summed E-state index contributed by atoms with van der Waals surface area (Å²) in [6, 6.07) is 12.5. The lowest BCUT2D eigenvalue weighted by molar-refractivity contribution is 0.302. The largest absolute Gasteiger partial charge is 0.204 e. The van der Waals surface area contributed by atoms with Gasteiger partial charge in [-0.3, -0.25) is 0 Å². The number of rotatable bonds is 11. The number of halogens is 2. The van der Waals surface area contributed by atoms with Gasteiger partial charge < -0.3 is 0 Å². The molecule has 0 unspecified atom stereocenters. The normalized spacial score (nSPS) is 19.2. The third-order valence-corrected chi connectivity index (χ3v) is 6.96. The maximum absolute atomic E-state index is 14.0. The van der Waals surface area contributed by atoms with Gasteiger partial charge in [-0.15, -0.1) is 0 Å². The smallest absolute Gasteiger partial charge is 0.166 e. The standard InChI is InChI=1S/C28H38F2/c1-2-3-4-5-6-7-8-9-11-22-14-16-23(17-15-22)24-18-20-25(21-19-24)26-12-10-13-27(29)28(26)30/h10,12-13,18-23H,2-9,11,14-17H2,1H3. The molecule has 1 fully saturated rings. The van der Waals surface area contributed by atoms with Crippen LogP contribution >= 0.6 is 0 Å². The first-order valence-electron chi connectivity index (χ1n) is 12.2. The van der Waals surface area contributed by atoms with Crippen LogP contribution in [0, 0.1) is 17.6 Å². The maximum Gasteiger partial charge on any atom is 0.166 e. The molecule has 1 aliphatic carbocycles. The summed E-state index contributed by atoms with van der Waals surface area (Å²) < 4.78 is 27.5. The average Bonchev–Trinajstić information content (AvgIpc) is 2.78. The molecule has 0 amide bonds. The van der Waals surface area contributed by atoms with Crippen molar-refractivity contribution >= 4 is 0 Å². The van der Waals surface area contributed by atoms with Gasteiger partial charge in [-0.2, -0.15) is 0 Å². The Morgan fingerprint density at radius 3 is 2.03 bits per heavy atom. The fourth-order valence-electron chi connectivity index (χ4n) is 5.01. The van der Waals surface area contributed by atoms with Crippen LogP contribution in [0.25, 0.3) is 11.1 Å². The minimum absolute atomic E-state index is 0.343. The molecule has 0 saturated heterocycles. The number of hydrogen-bond donors (Lipinski definition) is 0. The highest BCUT2D eigenvalue weighted by molar-refractivity contribution is 5.64. The zero-order chi connectivity index (χ0) is 21.2. The summed E-state index contributed by atoms with van der Waals surface area (Å²) in [7, 11) is 0. The lowest BCUT2D eigenvalue weighted by Gasteiger charge is -2.29. The van der Waals surface area contributed by atoms with Gasteiger partial charge in [0.25, 0.3) is 0 Å². The van der Waals surface area contributed by atoms with Crippen LogP contribution in [0.4, 0.5) is 8.78 Å². The lowest BCUT2D eigenvalue weighted by Crippen LogP contribution is -2.13. The Morgan fingerprint density at radius 2 is 1.37 bits per heavy atom. The van der Waals surface area contributed by atoms with E-state index in [0.717, 1.165) is 11.5 Å². The second-order valence-corrected chi connectivity index (χ2v) is 9.20. The molecule has 164 valence electrons. The first kappa shape index (κ1) is 23.0. The summed E-state index contributed by atoms with van der Waals surface area (Å²) in [5.74, 6) is -0.0219. The molecular weight excluding hydrogens is 374 g/mol. The molecule has 0 spiro atoms. The third-order valence-electron chi connectivity index (χ3n) is 6.96. The summed E-state index contributed by atoms with van der Waals surface area (Å²) in [5, 5.41) is 0. The molecule has 0 aliphatic heterocycles. The summed E-state index contributed by atoms with van der Waals surface area (Å²) in [5.41, 5.74) is 2.44. The van der Waals surface area contributed by atoms with Crippen LogP contribution in [-0.2, 0) is 0 Å². The maximum atomic E-state index is 14.0. The van der Waals surface area contributed by atoms with Gasteiger partial charge >= 0.3 is 0 Å². The van der Waals surface area contributed by atoms with Crippen LogP contribution in [0.5, 0.6) is 0 Å². The molecule has 30 heavy (non-hydrogen) atoms. The van der Waals surface area contributed by atoms with Gasteiger partial charge in [-0.1, -0.05) is 101 Å². The fourth-order valence-corrected chi connectivity index (χ4v) is 5.01. The van der Waals surface area contributed by atoms with Crippen molar-refractivity contribution in [2.75, 3.05) is 0 Å². The number of hydrogen-bond acceptors (Lipinski definition) is 0. The molecule has 0 radical (unpaired) electrons. The van der Waals surface area contributed by atoms with Crippen molar-refractivity contribution in [3.05, 3.63) is 59.7 Å². The van der Waals surface area contributed by atoms with E-state index in [0.29, 0.717) is 11.5 Å². The topological polar surface area (TPSA) is 0 Å². The van der Waals surface area contributed by atoms with Crippen LogP contribution in [-0.4, -0.2) is 0 Å². The zero-order valence-corrected chi connectivity index (χ0v) is 18.6. The number of benzene rings is 2. The first-order valence-corrected chi connectivity index (χ1v) is 12.2. The monoisotopic (exact) mass is 412 g/mol. The Hall–Kier alpha value is -1.70. The van der Waals surface area contributed by atoms with Crippen molar-refractivity contribution in [1.82, 2.24) is 0 Å². The van der Waals surface area contributed by atoms with Gasteiger partial charge in [0.05, 0.1) is 0 Å². The minimum Gasteiger partial charge on any atom is -0.204 e. The van der Waals surface area contributed by atoms with E-state index >= 15 is 0 Å². The van der Waals surface area contributed by atoms with Crippen LogP contribution in [0.15, 0.2) is 42.5 Å². The van der Waals surface area contributed by atoms with Crippen molar-refractivity contribution in [3.8, 4) is 11.1 Å². The Balaban J connectivity index is 1.38. The molecule has 1 saturated carbocycles. The van der Waals surface area contributed by atoms with Crippen molar-refractivity contribution in [3.63, 3.8) is 0 Å². The van der Waals surface area contributed by atoms with E-state index in [9.17, 15) is 8.78 Å². The minimum atomic E-state index is -0.786. The highest BCUT2D eigenvalue weighted by Gasteiger charge is 2.22. The number of unbranched alkanes of at least 4 members (excludes halogenated alkanes) is 7. The van der Waals surface area contributed by atoms with Gasteiger partial charge in [0.15, 0.2) is 11.6 Å². The molecule has 3 rings (SSSR count). The predicted molar refractivity (Wildman–Crippen MR) is 124 cm³/mol. The molecule has 2 aromatic carbocycles. The van der Waals surface area contributed by atoms with E-state index in [1.54, 1.807) is 12.1 Å². The molecule has 0 aromatic heterocycles. The molecule has 0 bridgehead atoms. The van der Waals surface area contributed by atoms with Crippen LogP contribution in [0.2, 0.25) is 0 Å². The lowest BCUT2D eigenvalue weighted by atomic mass is 9.77. The molecule has 0 N–H and O–H groups in total. The fraction of sp³-hybridized carbons (Fsp3) is 0.571. The quantitative estimate of drug-likeness (QED) is 0.322. The van der Waals surface area contributed by atoms with E-state index in [1.165, 1.54) is 95.1 Å². The SMILES string of the molecule is CCCCCCCCCCC1CCC(c2ccc(-c3cccc(F)c3F)cc2)CC1. The van der Waals surface area contributed by atoms with E-state index < -0.39 is 11.6 Å². The van der Waals surface area contributed by atoms with Gasteiger partial charge in [0.1, 0.15) is 0 Å². The van der Waals surface area contributed by atoms with E-state index in [4.69, 9.17) is 0 Å². The van der Waals surface area contributed by atoms with Gasteiger partial charge in [-0.25, -0.2) is 8.78 Å². The van der Waals surface area contributed by atoms with Gasteiger partial charge in [-0.05, 0) is 54.7 Å². The zero-order valence-electron chi connectivity index (χ0n) is 18.6. The molecule has 0 atom stereocenters. The molecule has 0 nitrogen and oxygen atoms in total. The van der Waals surface area contributed by atoms with E-state index in [-0.39, 0.29) is 0 Å². The second-order valence-electron chi connectivity index (χ2n) is 9.20. The van der Waals surface area contributed by atoms with Crippen LogP contribution in [0.1, 0.15) is 102 Å².